The van der Waals surface area contributed by atoms with Crippen molar-refractivity contribution < 1.29 is 9.90 Å². The summed E-state index contributed by atoms with van der Waals surface area (Å²) in [5.41, 5.74) is 0.899. The molecule has 94 valence electrons. The van der Waals surface area contributed by atoms with Crippen LogP contribution in [0.1, 0.15) is 44.6 Å². The minimum Gasteiger partial charge on any atom is -0.393 e. The molecule has 1 aliphatic carbocycles. The van der Waals surface area contributed by atoms with E-state index in [1.807, 2.05) is 32.0 Å². The monoisotopic (exact) mass is 254 g/mol. The van der Waals surface area contributed by atoms with Crippen molar-refractivity contribution in [1.82, 2.24) is 0 Å². The zero-order chi connectivity index (χ0) is 12.8. The molecule has 0 aromatic heterocycles. The Kier molecular flexibility index (Phi) is 5.66. The van der Waals surface area contributed by atoms with Gasteiger partial charge in [-0.15, -0.1) is 0 Å². The Hall–Kier alpha value is -0.860. The summed E-state index contributed by atoms with van der Waals surface area (Å²) in [5, 5.41) is 10.0. The number of hydrogen-bond donors (Lipinski definition) is 1. The van der Waals surface area contributed by atoms with Crippen LogP contribution in [0.2, 0.25) is 5.02 Å². The summed E-state index contributed by atoms with van der Waals surface area (Å²) >= 11 is 6.04. The van der Waals surface area contributed by atoms with Gasteiger partial charge in [-0.1, -0.05) is 43.6 Å². The molecular weight excluding hydrogens is 236 g/mol. The van der Waals surface area contributed by atoms with E-state index in [0.717, 1.165) is 5.56 Å². The van der Waals surface area contributed by atoms with Crippen LogP contribution in [0.15, 0.2) is 24.3 Å². The zero-order valence-corrected chi connectivity index (χ0v) is 11.1. The molecule has 0 saturated heterocycles. The van der Waals surface area contributed by atoms with Gasteiger partial charge in [0.25, 0.3) is 0 Å². The fourth-order valence-corrected chi connectivity index (χ4v) is 2.35. The van der Waals surface area contributed by atoms with Gasteiger partial charge in [0.1, 0.15) is 5.78 Å². The minimum absolute atomic E-state index is 0.0989. The largest absolute Gasteiger partial charge is 0.393 e. The van der Waals surface area contributed by atoms with E-state index in [0.29, 0.717) is 17.9 Å². The molecular formula is C14H19ClO2. The predicted octanol–water partition coefficient (Wildman–Crippen LogP) is 3.56. The van der Waals surface area contributed by atoms with Crippen LogP contribution in [0.5, 0.6) is 0 Å². The second-order valence-electron chi connectivity index (χ2n) is 3.98. The summed E-state index contributed by atoms with van der Waals surface area (Å²) in [6.07, 6.45) is 1.18. The highest BCUT2D eigenvalue weighted by Gasteiger charge is 2.29. The topological polar surface area (TPSA) is 37.3 Å². The first-order valence-corrected chi connectivity index (χ1v) is 6.51. The predicted molar refractivity (Wildman–Crippen MR) is 70.4 cm³/mol. The average molecular weight is 255 g/mol. The van der Waals surface area contributed by atoms with Gasteiger partial charge in [0, 0.05) is 17.4 Å². The third-order valence-electron chi connectivity index (χ3n) is 2.89. The molecule has 1 unspecified atom stereocenters. The van der Waals surface area contributed by atoms with Crippen molar-refractivity contribution in [3.05, 3.63) is 34.9 Å². The lowest BCUT2D eigenvalue weighted by atomic mass is 9.82. The number of hydrogen-bond acceptors (Lipinski definition) is 2. The summed E-state index contributed by atoms with van der Waals surface area (Å²) in [6, 6.07) is 7.44. The Bertz CT molecular complexity index is 376. The van der Waals surface area contributed by atoms with Gasteiger partial charge in [-0.2, -0.15) is 0 Å². The number of rotatable bonds is 1. The van der Waals surface area contributed by atoms with E-state index in [9.17, 15) is 9.90 Å². The van der Waals surface area contributed by atoms with Crippen LogP contribution < -0.4 is 0 Å². The average Bonchev–Trinajstić information content (AvgIpc) is 2.33. The van der Waals surface area contributed by atoms with E-state index in [-0.39, 0.29) is 18.1 Å². The molecule has 1 aromatic carbocycles. The van der Waals surface area contributed by atoms with Crippen LogP contribution in [0.3, 0.4) is 0 Å². The van der Waals surface area contributed by atoms with Crippen molar-refractivity contribution in [3.63, 3.8) is 0 Å². The number of carbonyl (C=O) groups excluding carboxylic acids is 1. The first kappa shape index (κ1) is 14.2. The van der Waals surface area contributed by atoms with E-state index in [2.05, 4.69) is 0 Å². The van der Waals surface area contributed by atoms with E-state index in [1.165, 1.54) is 0 Å². The summed E-state index contributed by atoms with van der Waals surface area (Å²) in [6.45, 7) is 4.00. The molecule has 1 aliphatic rings. The van der Waals surface area contributed by atoms with Crippen LogP contribution in [-0.2, 0) is 4.79 Å². The number of benzene rings is 1. The van der Waals surface area contributed by atoms with Gasteiger partial charge in [0.05, 0.1) is 6.10 Å². The molecule has 0 amide bonds. The van der Waals surface area contributed by atoms with Crippen molar-refractivity contribution in [2.45, 2.75) is 45.1 Å². The van der Waals surface area contributed by atoms with Crippen LogP contribution >= 0.6 is 11.6 Å². The molecule has 2 rings (SSSR count). The van der Waals surface area contributed by atoms with E-state index in [1.54, 1.807) is 6.07 Å². The quantitative estimate of drug-likeness (QED) is 0.832. The Morgan fingerprint density at radius 3 is 2.47 bits per heavy atom. The van der Waals surface area contributed by atoms with E-state index >= 15 is 0 Å². The summed E-state index contributed by atoms with van der Waals surface area (Å²) in [7, 11) is 0. The normalized spacial score (nSPS) is 23.9. The van der Waals surface area contributed by atoms with Crippen molar-refractivity contribution in [2.75, 3.05) is 0 Å². The number of carbonyl (C=O) groups is 1. The fourth-order valence-electron chi connectivity index (χ4n) is 2.08. The second kappa shape index (κ2) is 6.77. The maximum absolute atomic E-state index is 11.7. The standard InChI is InChI=1S/C12H13ClO2.C2H6/c13-11-4-2-1-3-9(11)10-6-5-8(14)7-12(10)15;1-2/h1-4,8,10,14H,5-7H2;1-2H3/t8-,10?;/m0./s1. The molecule has 17 heavy (non-hydrogen) atoms. The number of aliphatic hydroxyl groups excluding tert-OH is 1. The van der Waals surface area contributed by atoms with Gasteiger partial charge in [0.15, 0.2) is 0 Å². The van der Waals surface area contributed by atoms with Gasteiger partial charge in [-0.25, -0.2) is 0 Å². The molecule has 0 spiro atoms. The minimum atomic E-state index is -0.462. The Morgan fingerprint density at radius 1 is 1.24 bits per heavy atom. The molecule has 3 heteroatoms. The molecule has 1 saturated carbocycles. The first-order chi connectivity index (χ1) is 8.18. The van der Waals surface area contributed by atoms with Gasteiger partial charge in [0.2, 0.25) is 0 Å². The fraction of sp³-hybridized carbons (Fsp3) is 0.500. The first-order valence-electron chi connectivity index (χ1n) is 6.13. The van der Waals surface area contributed by atoms with Crippen LogP contribution in [-0.4, -0.2) is 17.0 Å². The lowest BCUT2D eigenvalue weighted by Gasteiger charge is -2.25. The van der Waals surface area contributed by atoms with Crippen molar-refractivity contribution in [3.8, 4) is 0 Å². The van der Waals surface area contributed by atoms with Gasteiger partial charge in [-0.3, -0.25) is 4.79 Å². The van der Waals surface area contributed by atoms with Crippen molar-refractivity contribution in [1.29, 1.82) is 0 Å². The molecule has 1 fully saturated rings. The second-order valence-corrected chi connectivity index (χ2v) is 4.38. The third-order valence-corrected chi connectivity index (χ3v) is 3.24. The molecule has 0 bridgehead atoms. The van der Waals surface area contributed by atoms with Gasteiger partial charge in [-0.05, 0) is 24.5 Å². The summed E-state index contributed by atoms with van der Waals surface area (Å²) in [4.78, 5) is 11.7. The van der Waals surface area contributed by atoms with E-state index < -0.39 is 6.10 Å². The molecule has 1 aromatic rings. The van der Waals surface area contributed by atoms with Crippen molar-refractivity contribution in [2.24, 2.45) is 0 Å². The Balaban J connectivity index is 0.000000686. The van der Waals surface area contributed by atoms with Gasteiger partial charge >= 0.3 is 0 Å². The lowest BCUT2D eigenvalue weighted by molar-refractivity contribution is -0.124. The molecule has 0 heterocycles. The zero-order valence-electron chi connectivity index (χ0n) is 10.3. The molecule has 0 radical (unpaired) electrons. The number of aliphatic hydroxyl groups is 1. The highest BCUT2D eigenvalue weighted by molar-refractivity contribution is 6.31. The van der Waals surface area contributed by atoms with Crippen LogP contribution in [0.25, 0.3) is 0 Å². The van der Waals surface area contributed by atoms with E-state index in [4.69, 9.17) is 11.6 Å². The Morgan fingerprint density at radius 2 is 1.88 bits per heavy atom. The molecule has 1 N–H and O–H groups in total. The molecule has 2 nitrogen and oxygen atoms in total. The molecule has 2 atom stereocenters. The third kappa shape index (κ3) is 3.55. The van der Waals surface area contributed by atoms with Crippen LogP contribution in [0.4, 0.5) is 0 Å². The maximum Gasteiger partial charge on any atom is 0.142 e. The highest BCUT2D eigenvalue weighted by atomic mass is 35.5. The smallest absolute Gasteiger partial charge is 0.142 e. The molecule has 0 aliphatic heterocycles. The number of ketones is 1. The number of halogens is 1. The van der Waals surface area contributed by atoms with Crippen LogP contribution in [0, 0.1) is 0 Å². The lowest BCUT2D eigenvalue weighted by Crippen LogP contribution is -2.26. The Labute approximate surface area is 108 Å². The maximum atomic E-state index is 11.7. The summed E-state index contributed by atoms with van der Waals surface area (Å²) < 4.78 is 0. The SMILES string of the molecule is CC.O=C1C[C@@H](O)CCC1c1ccccc1Cl. The summed E-state index contributed by atoms with van der Waals surface area (Å²) in [5.74, 6) is -0.0241. The number of Topliss-reactive ketones (excluding diaryl/α,β-unsaturated/α-hetero) is 1. The van der Waals surface area contributed by atoms with Crippen molar-refractivity contribution >= 4 is 17.4 Å². The highest BCUT2D eigenvalue weighted by Crippen LogP contribution is 2.33. The van der Waals surface area contributed by atoms with Gasteiger partial charge < -0.3 is 5.11 Å².